The van der Waals surface area contributed by atoms with E-state index in [9.17, 15) is 19.7 Å². The molecule has 1 aliphatic heterocycles. The lowest BCUT2D eigenvalue weighted by Gasteiger charge is -2.41. The summed E-state index contributed by atoms with van der Waals surface area (Å²) in [5.41, 5.74) is 3.64. The summed E-state index contributed by atoms with van der Waals surface area (Å²) in [7, 11) is 0. The predicted octanol–water partition coefficient (Wildman–Crippen LogP) is 4.96. The smallest absolute Gasteiger partial charge is 0.344 e. The monoisotopic (exact) mass is 511 g/mol. The van der Waals surface area contributed by atoms with Crippen molar-refractivity contribution < 1.29 is 29.2 Å². The van der Waals surface area contributed by atoms with Crippen molar-refractivity contribution in [3.8, 4) is 0 Å². The number of nitro benzene ring substituents is 1. The van der Waals surface area contributed by atoms with E-state index in [2.05, 4.69) is 24.3 Å². The van der Waals surface area contributed by atoms with Crippen LogP contribution in [0.2, 0.25) is 0 Å². The number of aliphatic carboxylic acids is 1. The first-order valence-corrected chi connectivity index (χ1v) is 12.6. The van der Waals surface area contributed by atoms with Gasteiger partial charge in [0.15, 0.2) is 0 Å². The minimum absolute atomic E-state index is 0.0534. The number of carbonyl (C=O) groups is 2. The third kappa shape index (κ3) is 6.00. The van der Waals surface area contributed by atoms with Gasteiger partial charge < -0.3 is 20.0 Å². The first kappa shape index (κ1) is 26.4. The molecule has 1 heterocycles. The minimum atomic E-state index is -1.14. The van der Waals surface area contributed by atoms with Crippen molar-refractivity contribution in [3.63, 3.8) is 0 Å². The molecule has 1 unspecified atom stereocenters. The van der Waals surface area contributed by atoms with E-state index >= 15 is 0 Å². The summed E-state index contributed by atoms with van der Waals surface area (Å²) < 4.78 is 5.97. The normalized spacial score (nSPS) is 22.8. The van der Waals surface area contributed by atoms with E-state index in [1.165, 1.54) is 12.1 Å². The fourth-order valence-electron chi connectivity index (χ4n) is 5.50. The molecule has 1 aromatic rings. The number of carbonyl (C=O) groups excluding carboxylic acids is 1. The predicted molar refractivity (Wildman–Crippen MR) is 136 cm³/mol. The number of ether oxygens (including phenoxy) is 1. The van der Waals surface area contributed by atoms with Crippen molar-refractivity contribution in [3.05, 3.63) is 62.5 Å². The molecule has 1 atom stereocenters. The Bertz CT molecular complexity index is 1170. The van der Waals surface area contributed by atoms with Gasteiger partial charge >= 0.3 is 11.9 Å². The highest BCUT2D eigenvalue weighted by molar-refractivity contribution is 6.07. The first-order chi connectivity index (χ1) is 17.6. The van der Waals surface area contributed by atoms with Gasteiger partial charge in [0.05, 0.1) is 16.2 Å². The number of esters is 1. The zero-order valence-corrected chi connectivity index (χ0v) is 21.4. The van der Waals surface area contributed by atoms with Crippen LogP contribution in [0.5, 0.6) is 0 Å². The second-order valence-electron chi connectivity index (χ2n) is 10.7. The van der Waals surface area contributed by atoms with Crippen molar-refractivity contribution in [2.24, 2.45) is 10.6 Å². The van der Waals surface area contributed by atoms with Gasteiger partial charge in [-0.1, -0.05) is 37.6 Å². The van der Waals surface area contributed by atoms with Gasteiger partial charge in [-0.3, -0.25) is 10.1 Å². The molecule has 198 valence electrons. The zero-order chi connectivity index (χ0) is 26.7. The molecule has 1 aromatic carbocycles. The van der Waals surface area contributed by atoms with Gasteiger partial charge in [-0.15, -0.1) is 0 Å². The summed E-state index contributed by atoms with van der Waals surface area (Å²) in [4.78, 5) is 40.7. The molecule has 2 aliphatic carbocycles. The van der Waals surface area contributed by atoms with Crippen molar-refractivity contribution in [2.45, 2.75) is 77.7 Å². The van der Waals surface area contributed by atoms with Crippen LogP contribution in [-0.4, -0.2) is 40.4 Å². The number of nitrogens with one attached hydrogen (secondary N) is 1. The zero-order valence-electron chi connectivity index (χ0n) is 21.4. The molecule has 0 bridgehead atoms. The molecule has 3 aliphatic rings. The third-order valence-corrected chi connectivity index (χ3v) is 7.10. The second kappa shape index (κ2) is 10.7. The number of allylic oxidation sites excluding steroid dienone is 3. The van der Waals surface area contributed by atoms with Crippen molar-refractivity contribution in [1.82, 2.24) is 5.32 Å². The molecule has 2 N–H and O–H groups in total. The number of benzene rings is 1. The number of rotatable bonds is 7. The average molecular weight is 512 g/mol. The van der Waals surface area contributed by atoms with E-state index in [1.807, 2.05) is 6.92 Å². The Balaban J connectivity index is 1.80. The summed E-state index contributed by atoms with van der Waals surface area (Å²) >= 11 is 0. The SMILES string of the molecule is CC1=C(C(=O)OC2CCCCC2)C(c2ccc([N+](=O)[O-])cc2)C2=C(CC(C)(C)C/C2=N\OCC(=O)O)N1. The Morgan fingerprint density at radius 3 is 2.46 bits per heavy atom. The third-order valence-electron chi connectivity index (χ3n) is 7.10. The van der Waals surface area contributed by atoms with Crippen molar-refractivity contribution in [2.75, 3.05) is 6.61 Å². The fourth-order valence-corrected chi connectivity index (χ4v) is 5.50. The van der Waals surface area contributed by atoms with Crippen LogP contribution in [0, 0.1) is 15.5 Å². The molecule has 1 fully saturated rings. The highest BCUT2D eigenvalue weighted by Crippen LogP contribution is 2.47. The minimum Gasteiger partial charge on any atom is -0.479 e. The van der Waals surface area contributed by atoms with Gasteiger partial charge in [0.1, 0.15) is 6.10 Å². The van der Waals surface area contributed by atoms with Gasteiger partial charge in [0.25, 0.3) is 5.69 Å². The number of carboxylic acids is 1. The maximum Gasteiger partial charge on any atom is 0.344 e. The number of hydrogen-bond donors (Lipinski definition) is 2. The molecular formula is C27H33N3O7. The van der Waals surface area contributed by atoms with Crippen molar-refractivity contribution >= 4 is 23.3 Å². The van der Waals surface area contributed by atoms with Gasteiger partial charge in [-0.05, 0) is 56.4 Å². The Labute approximate surface area is 215 Å². The van der Waals surface area contributed by atoms with Crippen LogP contribution >= 0.6 is 0 Å². The quantitative estimate of drug-likeness (QED) is 0.297. The summed E-state index contributed by atoms with van der Waals surface area (Å²) in [6, 6.07) is 6.13. The van der Waals surface area contributed by atoms with Crippen LogP contribution in [0.3, 0.4) is 0 Å². The Kier molecular flexibility index (Phi) is 7.65. The van der Waals surface area contributed by atoms with E-state index in [-0.39, 0.29) is 17.2 Å². The largest absolute Gasteiger partial charge is 0.479 e. The van der Waals surface area contributed by atoms with E-state index in [4.69, 9.17) is 14.7 Å². The molecule has 0 aromatic heterocycles. The molecule has 10 heteroatoms. The van der Waals surface area contributed by atoms with Crippen molar-refractivity contribution in [1.29, 1.82) is 0 Å². The molecule has 0 spiro atoms. The summed E-state index contributed by atoms with van der Waals surface area (Å²) in [6.45, 7) is 5.41. The first-order valence-electron chi connectivity index (χ1n) is 12.6. The summed E-state index contributed by atoms with van der Waals surface area (Å²) in [6.07, 6.45) is 5.84. The van der Waals surface area contributed by atoms with E-state index in [1.54, 1.807) is 12.1 Å². The number of nitrogens with zero attached hydrogens (tertiary/aromatic N) is 2. The van der Waals surface area contributed by atoms with Gasteiger partial charge in [0, 0.05) is 35.0 Å². The maximum absolute atomic E-state index is 13.6. The number of nitro groups is 1. The van der Waals surface area contributed by atoms with Crippen LogP contribution < -0.4 is 5.32 Å². The maximum atomic E-state index is 13.6. The topological polar surface area (TPSA) is 140 Å². The number of oxime groups is 1. The molecular weight excluding hydrogens is 478 g/mol. The van der Waals surface area contributed by atoms with E-state index in [0.29, 0.717) is 35.4 Å². The summed E-state index contributed by atoms with van der Waals surface area (Å²) in [5, 5.41) is 27.9. The van der Waals surface area contributed by atoms with E-state index < -0.39 is 29.4 Å². The Morgan fingerprint density at radius 1 is 1.16 bits per heavy atom. The molecule has 10 nitrogen and oxygen atoms in total. The van der Waals surface area contributed by atoms with Crippen LogP contribution in [0.15, 0.2) is 52.0 Å². The average Bonchev–Trinajstić information content (AvgIpc) is 2.82. The van der Waals surface area contributed by atoms with Gasteiger partial charge in [0.2, 0.25) is 6.61 Å². The van der Waals surface area contributed by atoms with Gasteiger partial charge in [-0.25, -0.2) is 9.59 Å². The highest BCUT2D eigenvalue weighted by Gasteiger charge is 2.43. The summed E-state index contributed by atoms with van der Waals surface area (Å²) in [5.74, 6) is -2.17. The van der Waals surface area contributed by atoms with Crippen LogP contribution in [-0.2, 0) is 19.2 Å². The number of non-ortho nitro benzene ring substituents is 1. The van der Waals surface area contributed by atoms with E-state index in [0.717, 1.165) is 43.4 Å². The molecule has 4 rings (SSSR count). The van der Waals surface area contributed by atoms with Gasteiger partial charge in [-0.2, -0.15) is 0 Å². The van der Waals surface area contributed by atoms with Crippen LogP contribution in [0.4, 0.5) is 5.69 Å². The Hall–Kier alpha value is -3.69. The standard InChI is InChI=1S/C27H33N3O7/c1-16-23(26(33)37-19-7-5-4-6-8-19)24(17-9-11-18(12-10-17)30(34)35)25-20(28-16)13-27(2,3)14-21(25)29-36-15-22(31)32/h9-12,19,24,28H,4-8,13-15H2,1-3H3,(H,31,32)/b29-21+. The highest BCUT2D eigenvalue weighted by atomic mass is 16.6. The lowest BCUT2D eigenvalue weighted by molar-refractivity contribution is -0.384. The number of dihydropyridines is 1. The fraction of sp³-hybridized carbons (Fsp3) is 0.519. The van der Waals surface area contributed by atoms with Crippen LogP contribution in [0.25, 0.3) is 0 Å². The molecule has 1 saturated carbocycles. The lowest BCUT2D eigenvalue weighted by atomic mass is 9.68. The second-order valence-corrected chi connectivity index (χ2v) is 10.7. The van der Waals surface area contributed by atoms with Crippen LogP contribution in [0.1, 0.15) is 77.2 Å². The molecule has 0 radical (unpaired) electrons. The number of hydrogen-bond acceptors (Lipinski definition) is 8. The number of carboxylic acid groups (broad SMARTS) is 1. The lowest BCUT2D eigenvalue weighted by Crippen LogP contribution is -2.39. The molecule has 0 saturated heterocycles. The molecule has 0 amide bonds. The molecule has 37 heavy (non-hydrogen) atoms. The Morgan fingerprint density at radius 2 is 1.84 bits per heavy atom.